The van der Waals surface area contributed by atoms with E-state index in [9.17, 15) is 9.59 Å². The first-order valence-electron chi connectivity index (χ1n) is 4.54. The number of carbonyl (C=O) groups is 2. The molecule has 14 heavy (non-hydrogen) atoms. The van der Waals surface area contributed by atoms with E-state index in [1.54, 1.807) is 11.8 Å². The molecule has 0 bridgehead atoms. The maximum absolute atomic E-state index is 11.3. The van der Waals surface area contributed by atoms with Crippen LogP contribution in [0.5, 0.6) is 0 Å². The second-order valence-electron chi connectivity index (χ2n) is 3.29. The van der Waals surface area contributed by atoms with E-state index in [4.69, 9.17) is 10.8 Å². The molecule has 1 saturated heterocycles. The number of hydrogen-bond donors (Lipinski definition) is 3. The maximum Gasteiger partial charge on any atom is 0.322 e. The van der Waals surface area contributed by atoms with Crippen LogP contribution in [0.1, 0.15) is 6.92 Å². The second-order valence-corrected chi connectivity index (χ2v) is 3.29. The van der Waals surface area contributed by atoms with Crippen LogP contribution in [-0.4, -0.2) is 53.6 Å². The van der Waals surface area contributed by atoms with E-state index in [0.717, 1.165) is 0 Å². The monoisotopic (exact) mass is 201 g/mol. The SMILES string of the molecule is CC1C(=O)NCCN1C(CN)C(=O)O. The Kier molecular flexibility index (Phi) is 3.43. The first kappa shape index (κ1) is 10.9. The highest BCUT2D eigenvalue weighted by Crippen LogP contribution is 2.08. The third-order valence-electron chi connectivity index (χ3n) is 2.45. The Labute approximate surface area is 82.1 Å². The molecule has 0 aromatic heterocycles. The number of nitrogens with zero attached hydrogens (tertiary/aromatic N) is 1. The molecule has 0 aromatic rings. The Balaban J connectivity index is 2.73. The molecule has 0 spiro atoms. The van der Waals surface area contributed by atoms with Crippen LogP contribution in [-0.2, 0) is 9.59 Å². The number of carboxylic acid groups (broad SMARTS) is 1. The number of carbonyl (C=O) groups excluding carboxylic acids is 1. The summed E-state index contributed by atoms with van der Waals surface area (Å²) in [4.78, 5) is 23.7. The van der Waals surface area contributed by atoms with E-state index in [2.05, 4.69) is 5.32 Å². The average molecular weight is 201 g/mol. The lowest BCUT2D eigenvalue weighted by Crippen LogP contribution is -2.60. The van der Waals surface area contributed by atoms with Gasteiger partial charge in [-0.3, -0.25) is 14.5 Å². The predicted octanol–water partition coefficient (Wildman–Crippen LogP) is -1.78. The summed E-state index contributed by atoms with van der Waals surface area (Å²) in [6, 6.07) is -1.19. The molecule has 1 aliphatic heterocycles. The van der Waals surface area contributed by atoms with Crippen LogP contribution in [0.25, 0.3) is 0 Å². The van der Waals surface area contributed by atoms with Crippen LogP contribution in [0.2, 0.25) is 0 Å². The van der Waals surface area contributed by atoms with Gasteiger partial charge in [-0.2, -0.15) is 0 Å². The Hall–Kier alpha value is -1.14. The lowest BCUT2D eigenvalue weighted by atomic mass is 10.1. The summed E-state index contributed by atoms with van der Waals surface area (Å²) in [5.74, 6) is -1.12. The molecule has 6 heteroatoms. The van der Waals surface area contributed by atoms with E-state index in [-0.39, 0.29) is 12.5 Å². The molecule has 4 N–H and O–H groups in total. The molecule has 80 valence electrons. The molecule has 1 heterocycles. The molecule has 0 radical (unpaired) electrons. The first-order chi connectivity index (χ1) is 6.57. The van der Waals surface area contributed by atoms with Crippen molar-refractivity contribution in [3.8, 4) is 0 Å². The average Bonchev–Trinajstić information content (AvgIpc) is 2.13. The minimum Gasteiger partial charge on any atom is -0.480 e. The molecule has 1 rings (SSSR count). The van der Waals surface area contributed by atoms with Crippen molar-refractivity contribution >= 4 is 11.9 Å². The van der Waals surface area contributed by atoms with Gasteiger partial charge in [-0.25, -0.2) is 0 Å². The minimum atomic E-state index is -0.978. The van der Waals surface area contributed by atoms with Gasteiger partial charge in [0.2, 0.25) is 5.91 Å². The quantitative estimate of drug-likeness (QED) is 0.501. The molecule has 0 aromatic carbocycles. The van der Waals surface area contributed by atoms with Crippen molar-refractivity contribution in [3.63, 3.8) is 0 Å². The number of nitrogens with one attached hydrogen (secondary N) is 1. The smallest absolute Gasteiger partial charge is 0.322 e. The van der Waals surface area contributed by atoms with Crippen LogP contribution in [0.3, 0.4) is 0 Å². The summed E-state index contributed by atoms with van der Waals surface area (Å²) in [5, 5.41) is 11.5. The highest BCUT2D eigenvalue weighted by Gasteiger charge is 2.33. The number of amides is 1. The number of hydrogen-bond acceptors (Lipinski definition) is 4. The minimum absolute atomic E-state index is 0.0208. The van der Waals surface area contributed by atoms with E-state index in [1.807, 2.05) is 0 Å². The van der Waals surface area contributed by atoms with Gasteiger partial charge in [0.15, 0.2) is 0 Å². The molecular formula is C8H15N3O3. The number of rotatable bonds is 3. The van der Waals surface area contributed by atoms with Gasteiger partial charge in [0.1, 0.15) is 6.04 Å². The van der Waals surface area contributed by atoms with Crippen LogP contribution in [0, 0.1) is 0 Å². The predicted molar refractivity (Wildman–Crippen MR) is 49.7 cm³/mol. The van der Waals surface area contributed by atoms with Gasteiger partial charge in [-0.05, 0) is 6.92 Å². The van der Waals surface area contributed by atoms with Crippen LogP contribution < -0.4 is 11.1 Å². The van der Waals surface area contributed by atoms with Crippen molar-refractivity contribution in [1.29, 1.82) is 0 Å². The highest BCUT2D eigenvalue weighted by atomic mass is 16.4. The third kappa shape index (κ3) is 2.02. The van der Waals surface area contributed by atoms with Crippen LogP contribution >= 0.6 is 0 Å². The fourth-order valence-electron chi connectivity index (χ4n) is 1.60. The first-order valence-corrected chi connectivity index (χ1v) is 4.54. The summed E-state index contributed by atoms with van der Waals surface area (Å²) in [6.45, 7) is 2.71. The van der Waals surface area contributed by atoms with E-state index in [1.165, 1.54) is 0 Å². The van der Waals surface area contributed by atoms with Crippen molar-refractivity contribution in [2.24, 2.45) is 5.73 Å². The van der Waals surface area contributed by atoms with Crippen molar-refractivity contribution in [1.82, 2.24) is 10.2 Å². The van der Waals surface area contributed by atoms with Crippen molar-refractivity contribution in [2.75, 3.05) is 19.6 Å². The summed E-state index contributed by atoms with van der Waals surface area (Å²) in [5.41, 5.74) is 5.36. The number of piperazine rings is 1. The lowest BCUT2D eigenvalue weighted by molar-refractivity contribution is -0.146. The van der Waals surface area contributed by atoms with Gasteiger partial charge in [0.25, 0.3) is 0 Å². The fraction of sp³-hybridized carbons (Fsp3) is 0.750. The summed E-state index contributed by atoms with van der Waals surface area (Å²) >= 11 is 0. The molecule has 0 aliphatic carbocycles. The molecule has 0 saturated carbocycles. The van der Waals surface area contributed by atoms with Crippen molar-refractivity contribution in [3.05, 3.63) is 0 Å². The van der Waals surface area contributed by atoms with Crippen LogP contribution in [0.4, 0.5) is 0 Å². The zero-order valence-electron chi connectivity index (χ0n) is 8.06. The Morgan fingerprint density at radius 2 is 2.50 bits per heavy atom. The van der Waals surface area contributed by atoms with Gasteiger partial charge in [0, 0.05) is 19.6 Å². The van der Waals surface area contributed by atoms with Crippen molar-refractivity contribution in [2.45, 2.75) is 19.0 Å². The number of aliphatic carboxylic acids is 1. The summed E-state index contributed by atoms with van der Waals surface area (Å²) in [7, 11) is 0. The molecular weight excluding hydrogens is 186 g/mol. The highest BCUT2D eigenvalue weighted by molar-refractivity contribution is 5.83. The van der Waals surface area contributed by atoms with E-state index < -0.39 is 18.1 Å². The molecule has 6 nitrogen and oxygen atoms in total. The Morgan fingerprint density at radius 1 is 1.86 bits per heavy atom. The van der Waals surface area contributed by atoms with E-state index >= 15 is 0 Å². The molecule has 1 fully saturated rings. The van der Waals surface area contributed by atoms with Gasteiger partial charge < -0.3 is 16.2 Å². The third-order valence-corrected chi connectivity index (χ3v) is 2.45. The van der Waals surface area contributed by atoms with Crippen molar-refractivity contribution < 1.29 is 14.7 Å². The lowest BCUT2D eigenvalue weighted by Gasteiger charge is -2.36. The standard InChI is InChI=1S/C8H15N3O3/c1-5-7(12)10-2-3-11(5)6(4-9)8(13)14/h5-6H,2-4,9H2,1H3,(H,10,12)(H,13,14). The van der Waals surface area contributed by atoms with Gasteiger partial charge in [-0.15, -0.1) is 0 Å². The van der Waals surface area contributed by atoms with Gasteiger partial charge in [0.05, 0.1) is 6.04 Å². The normalized spacial score (nSPS) is 25.6. The molecule has 2 unspecified atom stereocenters. The van der Waals surface area contributed by atoms with Gasteiger partial charge >= 0.3 is 5.97 Å². The Bertz CT molecular complexity index is 244. The summed E-state index contributed by atoms with van der Waals surface area (Å²) < 4.78 is 0. The zero-order valence-corrected chi connectivity index (χ0v) is 8.06. The Morgan fingerprint density at radius 3 is 3.00 bits per heavy atom. The fourth-order valence-corrected chi connectivity index (χ4v) is 1.60. The summed E-state index contributed by atoms with van der Waals surface area (Å²) in [6.07, 6.45) is 0. The maximum atomic E-state index is 11.3. The molecule has 1 amide bonds. The van der Waals surface area contributed by atoms with E-state index in [0.29, 0.717) is 13.1 Å². The largest absolute Gasteiger partial charge is 0.480 e. The molecule has 2 atom stereocenters. The number of nitrogens with two attached hydrogens (primary N) is 1. The number of carboxylic acids is 1. The van der Waals surface area contributed by atoms with Gasteiger partial charge in [-0.1, -0.05) is 0 Å². The zero-order chi connectivity index (χ0) is 10.7. The van der Waals surface area contributed by atoms with Crippen LogP contribution in [0.15, 0.2) is 0 Å². The second kappa shape index (κ2) is 4.39. The molecule has 1 aliphatic rings. The topological polar surface area (TPSA) is 95.7 Å².